The Kier molecular flexibility index (Phi) is 39.0. The quantitative estimate of drug-likeness (QED) is 0.0791. The first-order valence-electron chi connectivity index (χ1n) is 41.0. The first kappa shape index (κ1) is 91.7. The summed E-state index contributed by atoms with van der Waals surface area (Å²) in [5.74, 6) is -11.5. The van der Waals surface area contributed by atoms with Gasteiger partial charge in [0.25, 0.3) is 0 Å². The number of fused-ring (bicyclic) bond motifs is 1. The number of aliphatic carboxylic acids is 1. The molecular weight excluding hydrogens is 1420 g/mol. The van der Waals surface area contributed by atoms with Crippen molar-refractivity contribution in [1.29, 1.82) is 0 Å². The summed E-state index contributed by atoms with van der Waals surface area (Å²) in [6.07, 6.45) is 6.51. The van der Waals surface area contributed by atoms with E-state index in [1.807, 2.05) is 0 Å². The van der Waals surface area contributed by atoms with Gasteiger partial charge in [0.2, 0.25) is 70.9 Å². The SMILES string of the molecule is CCC[C@@H]1NC(=O)[C@H](CC2CNC3NCCCC23)NC(=O)[C@H]([C@@H](C)O)NC(=O)[C@H](CCCCN)NC(=O)[C@H](CC2CCC(O)CC2)NC(=O)[C@H](C(C)(C)C)NC(=O)CCCCCNC(=O)CCCCNC(=O)[C@H]([C@@H](C)O)NC(=O)[C@H](C2CCCCC2)NC(=O)[C@H](CC2CCC(O)CC2)NC(=O)[C@H](CCC(=O)O)NC1=O. The van der Waals surface area contributed by atoms with Gasteiger partial charge in [-0.1, -0.05) is 59.8 Å². The van der Waals surface area contributed by atoms with Gasteiger partial charge in [0, 0.05) is 32.4 Å². The lowest BCUT2D eigenvalue weighted by molar-refractivity contribution is -0.139. The van der Waals surface area contributed by atoms with Gasteiger partial charge >= 0.3 is 5.97 Å². The predicted octanol–water partition coefficient (Wildman–Crippen LogP) is -0.189. The fourth-order valence-electron chi connectivity index (χ4n) is 16.2. The van der Waals surface area contributed by atoms with E-state index in [1.54, 1.807) is 27.7 Å². The van der Waals surface area contributed by atoms with Crippen LogP contribution in [0.1, 0.15) is 247 Å². The Labute approximate surface area is 648 Å². The molecule has 6 rings (SSSR count). The normalized spacial score (nSPS) is 32.3. The lowest BCUT2D eigenvalue weighted by atomic mass is 9.82. The summed E-state index contributed by atoms with van der Waals surface area (Å²) in [6, 6.07) is -14.3. The molecule has 0 aromatic heterocycles. The van der Waals surface area contributed by atoms with Gasteiger partial charge in [-0.05, 0) is 223 Å². The summed E-state index contributed by atoms with van der Waals surface area (Å²) in [5.41, 5.74) is 5.03. The first-order chi connectivity index (χ1) is 52.3. The Hall–Kier alpha value is -7.17. The Morgan fingerprint density at radius 3 is 1.50 bits per heavy atom. The predicted molar refractivity (Wildman–Crippen MR) is 408 cm³/mol. The Bertz CT molecular complexity index is 3010. The summed E-state index contributed by atoms with van der Waals surface area (Å²) < 4.78 is 0. The molecule has 0 aromatic rings. The smallest absolute Gasteiger partial charge is 0.303 e. The second kappa shape index (κ2) is 46.7. The number of unbranched alkanes of at least 4 members (excludes halogenated alkanes) is 1. The van der Waals surface area contributed by atoms with E-state index in [9.17, 15) is 78.3 Å². The van der Waals surface area contributed by atoms with Crippen LogP contribution in [0.25, 0.3) is 0 Å². The average Bonchev–Trinajstić information content (AvgIpc) is 1.69. The number of aliphatic hydroxyl groups is 4. The molecule has 3 unspecified atom stereocenters. The highest BCUT2D eigenvalue weighted by Gasteiger charge is 2.44. The van der Waals surface area contributed by atoms with Crippen molar-refractivity contribution in [2.45, 2.75) is 338 Å². The maximum atomic E-state index is 15.1. The second-order valence-electron chi connectivity index (χ2n) is 32.9. The molecule has 15 atom stereocenters. The molecule has 110 heavy (non-hydrogen) atoms. The van der Waals surface area contributed by atoms with Gasteiger partial charge in [-0.25, -0.2) is 0 Å². The molecule has 33 heteroatoms. The van der Waals surface area contributed by atoms with Gasteiger partial charge in [0.15, 0.2) is 0 Å². The number of hydrogen-bond donors (Lipinski definition) is 20. The number of nitrogens with one attached hydrogen (secondary N) is 14. The van der Waals surface area contributed by atoms with E-state index in [1.165, 1.54) is 13.8 Å². The van der Waals surface area contributed by atoms with Crippen molar-refractivity contribution in [3.8, 4) is 0 Å². The summed E-state index contributed by atoms with van der Waals surface area (Å²) in [6.45, 7) is 11.4. The topological polar surface area (TPSA) is 517 Å². The molecule has 624 valence electrons. The molecule has 0 radical (unpaired) electrons. The molecule has 12 amide bonds. The van der Waals surface area contributed by atoms with E-state index < -0.39 is 180 Å². The number of carbonyl (C=O) groups excluding carboxylic acids is 12. The van der Waals surface area contributed by atoms with Crippen LogP contribution in [0.5, 0.6) is 0 Å². The summed E-state index contributed by atoms with van der Waals surface area (Å²) in [4.78, 5) is 186. The molecule has 6 fully saturated rings. The van der Waals surface area contributed by atoms with E-state index in [0.29, 0.717) is 135 Å². The zero-order valence-corrected chi connectivity index (χ0v) is 65.8. The van der Waals surface area contributed by atoms with Crippen LogP contribution in [0, 0.1) is 35.0 Å². The van der Waals surface area contributed by atoms with Crippen molar-refractivity contribution in [2.24, 2.45) is 40.7 Å². The van der Waals surface area contributed by atoms with Crippen molar-refractivity contribution < 1.29 is 87.9 Å². The van der Waals surface area contributed by atoms with Crippen LogP contribution in [0.4, 0.5) is 0 Å². The standard InChI is InChI=1S/C77H133N15O18/c1-7-19-53-67(101)85-55(34-35-61(99)100)68(102)86-57(41-47-28-32-51(96)33-29-47)72(106)92-64(48-20-10-8-11-21-48)75(109)91-62(44(2)93)73(107)81-38-17-14-24-59(97)79-37-16-9-12-25-60(98)89-65(77(4,5)6)76(110)88-56(40-46-26-30-50(95)31-27-46)70(104)84-54(23-13-15-36-78)69(103)90-63(45(3)94)74(108)87-58(71(105)83-53)42-49-43-82-66-52(49)22-18-39-80-66/h44-58,62-66,80,82,93-96H,7-43,78H2,1-6H3,(H,79,97)(H,81,107)(H,83,105)(H,84,104)(H,85,101)(H,86,102)(H,87,108)(H,88,110)(H,89,98)(H,90,103)(H,91,109)(H,92,106)(H,99,100)/t44-,45-,46?,47?,49?,50?,51?,52?,53+,54+,55+,56+,57+,58+,62+,63+,64+,65-,66?/m1/s1. The molecule has 3 saturated carbocycles. The minimum atomic E-state index is -1.77. The molecule has 3 aliphatic carbocycles. The molecule has 33 nitrogen and oxygen atoms in total. The number of carbonyl (C=O) groups is 13. The lowest BCUT2D eigenvalue weighted by Gasteiger charge is -2.34. The van der Waals surface area contributed by atoms with Crippen LogP contribution >= 0.6 is 0 Å². The molecule has 3 heterocycles. The van der Waals surface area contributed by atoms with E-state index in [-0.39, 0.29) is 100 Å². The number of hydrogen-bond acceptors (Lipinski definition) is 20. The highest BCUT2D eigenvalue weighted by atomic mass is 16.4. The Morgan fingerprint density at radius 1 is 0.455 bits per heavy atom. The molecule has 0 spiro atoms. The Balaban J connectivity index is 1.34. The minimum Gasteiger partial charge on any atom is -0.481 e. The fourth-order valence-corrected chi connectivity index (χ4v) is 16.2. The third-order valence-electron chi connectivity index (χ3n) is 22.8. The maximum Gasteiger partial charge on any atom is 0.303 e. The fraction of sp³-hybridized carbons (Fsp3) is 0.831. The largest absolute Gasteiger partial charge is 0.481 e. The van der Waals surface area contributed by atoms with Gasteiger partial charge in [-0.3, -0.25) is 62.3 Å². The zero-order valence-electron chi connectivity index (χ0n) is 65.8. The molecule has 21 N–H and O–H groups in total. The van der Waals surface area contributed by atoms with E-state index in [4.69, 9.17) is 5.73 Å². The molecular formula is C77H133N15O18. The van der Waals surface area contributed by atoms with Crippen LogP contribution < -0.4 is 80.2 Å². The number of amides is 12. The van der Waals surface area contributed by atoms with Gasteiger partial charge in [-0.2, -0.15) is 0 Å². The molecule has 3 saturated heterocycles. The maximum absolute atomic E-state index is 15.1. The lowest BCUT2D eigenvalue weighted by Crippen LogP contribution is -2.62. The van der Waals surface area contributed by atoms with Gasteiger partial charge in [0.05, 0.1) is 30.6 Å². The monoisotopic (exact) mass is 1560 g/mol. The number of carboxylic acid groups (broad SMARTS) is 1. The first-order valence-corrected chi connectivity index (χ1v) is 41.0. The molecule has 0 bridgehead atoms. The van der Waals surface area contributed by atoms with Crippen molar-refractivity contribution in [1.82, 2.24) is 74.4 Å². The number of nitrogens with two attached hydrogens (primary N) is 1. The number of piperidine rings is 1. The third-order valence-corrected chi connectivity index (χ3v) is 22.8. The highest BCUT2D eigenvalue weighted by molar-refractivity contribution is 5.99. The van der Waals surface area contributed by atoms with Crippen molar-refractivity contribution >= 4 is 76.9 Å². The van der Waals surface area contributed by atoms with Gasteiger partial charge in [0.1, 0.15) is 60.4 Å². The van der Waals surface area contributed by atoms with Crippen LogP contribution in [0.15, 0.2) is 0 Å². The van der Waals surface area contributed by atoms with Gasteiger partial charge < -0.3 is 106 Å². The summed E-state index contributed by atoms with van der Waals surface area (Å²) in [7, 11) is 0. The van der Waals surface area contributed by atoms with Crippen molar-refractivity contribution in [2.75, 3.05) is 32.7 Å². The zero-order chi connectivity index (χ0) is 80.6. The van der Waals surface area contributed by atoms with Crippen LogP contribution in [0.3, 0.4) is 0 Å². The number of carboxylic acids is 1. The van der Waals surface area contributed by atoms with Crippen LogP contribution in [-0.4, -0.2) is 226 Å². The summed E-state index contributed by atoms with van der Waals surface area (Å²) >= 11 is 0. The third kappa shape index (κ3) is 30.7. The average molecular weight is 1560 g/mol. The minimum absolute atomic E-state index is 0.000578. The number of aliphatic hydroxyl groups excluding tert-OH is 4. The second-order valence-corrected chi connectivity index (χ2v) is 32.9. The number of rotatable bonds is 18. The van der Waals surface area contributed by atoms with E-state index >= 15 is 9.59 Å². The summed E-state index contributed by atoms with van der Waals surface area (Å²) in [5, 5.41) is 93.6. The molecule has 3 aliphatic heterocycles. The van der Waals surface area contributed by atoms with Crippen LogP contribution in [-0.2, 0) is 62.3 Å². The van der Waals surface area contributed by atoms with Crippen molar-refractivity contribution in [3.05, 3.63) is 0 Å². The van der Waals surface area contributed by atoms with Crippen molar-refractivity contribution in [3.63, 3.8) is 0 Å². The molecule has 0 aromatic carbocycles. The van der Waals surface area contributed by atoms with E-state index in [0.717, 1.165) is 25.8 Å². The van der Waals surface area contributed by atoms with Crippen LogP contribution in [0.2, 0.25) is 0 Å². The Morgan fingerprint density at radius 2 is 0.927 bits per heavy atom. The highest BCUT2D eigenvalue weighted by Crippen LogP contribution is 2.34. The van der Waals surface area contributed by atoms with E-state index in [2.05, 4.69) is 74.4 Å². The van der Waals surface area contributed by atoms with Gasteiger partial charge in [-0.15, -0.1) is 0 Å². The molecule has 6 aliphatic rings.